The number of hydrogen-bond acceptors (Lipinski definition) is 5. The fourth-order valence-corrected chi connectivity index (χ4v) is 5.91. The van der Waals surface area contributed by atoms with Gasteiger partial charge in [0.1, 0.15) is 11.4 Å². The van der Waals surface area contributed by atoms with E-state index in [1.165, 1.54) is 0 Å². The van der Waals surface area contributed by atoms with E-state index in [0.29, 0.717) is 44.9 Å². The van der Waals surface area contributed by atoms with Crippen LogP contribution < -0.4 is 10.1 Å². The van der Waals surface area contributed by atoms with Gasteiger partial charge in [-0.15, -0.1) is 0 Å². The van der Waals surface area contributed by atoms with Crippen LogP contribution in [-0.4, -0.2) is 51.7 Å². The lowest BCUT2D eigenvalue weighted by atomic mass is 9.98. The summed E-state index contributed by atoms with van der Waals surface area (Å²) >= 11 is 6.29. The minimum Gasteiger partial charge on any atom is -0.494 e. The minimum absolute atomic E-state index is 0.351. The summed E-state index contributed by atoms with van der Waals surface area (Å²) in [6.45, 7) is 14.4. The third kappa shape index (κ3) is 6.66. The van der Waals surface area contributed by atoms with E-state index in [0.717, 1.165) is 80.4 Å². The van der Waals surface area contributed by atoms with Gasteiger partial charge in [-0.25, -0.2) is 4.79 Å². The van der Waals surface area contributed by atoms with Crippen LogP contribution in [0.15, 0.2) is 30.3 Å². The molecule has 2 aromatic carbocycles. The molecule has 0 radical (unpaired) electrons. The van der Waals surface area contributed by atoms with Gasteiger partial charge in [0.15, 0.2) is 0 Å². The first-order chi connectivity index (χ1) is 20.2. The summed E-state index contributed by atoms with van der Waals surface area (Å²) in [5.41, 5.74) is 8.04. The highest BCUT2D eigenvalue weighted by molar-refractivity contribution is 6.32. The molecule has 226 valence electrons. The molecule has 2 aromatic heterocycles. The fraction of sp³-hybridized carbons (Fsp3) is 0.455. The van der Waals surface area contributed by atoms with Crippen molar-refractivity contribution in [2.24, 2.45) is 7.05 Å². The molecule has 5 rings (SSSR count). The Morgan fingerprint density at radius 2 is 1.88 bits per heavy atom. The average Bonchev–Trinajstić information content (AvgIpc) is 3.43. The zero-order valence-electron chi connectivity index (χ0n) is 25.6. The quantitative estimate of drug-likeness (QED) is 0.216. The number of nitrogens with zero attached hydrogens (tertiary/aromatic N) is 3. The number of carboxylic acids is 1. The second-order valence-corrected chi connectivity index (χ2v) is 11.1. The number of rotatable bonds is 8. The first-order valence-electron chi connectivity index (χ1n) is 14.8. The number of aryl methyl sites for hydroxylation is 6. The maximum atomic E-state index is 12.6. The fourth-order valence-electron chi connectivity index (χ4n) is 5.80. The highest BCUT2D eigenvalue weighted by Crippen LogP contribution is 2.39. The Morgan fingerprint density at radius 1 is 1.17 bits per heavy atom. The number of para-hydroxylation sites is 1. The molecular formula is C33H43ClN4O4. The SMILES string of the molecule is CCNCC.Cc1cc(OCCCc2c(C(=O)O)n3c4c(cccc24)-c2c(C)nn(C)c2COCCC3)cc(C)c1Cl. The molecule has 0 spiro atoms. The second-order valence-electron chi connectivity index (χ2n) is 10.7. The lowest BCUT2D eigenvalue weighted by Gasteiger charge is -2.16. The van der Waals surface area contributed by atoms with Crippen LogP contribution in [0.25, 0.3) is 22.0 Å². The van der Waals surface area contributed by atoms with Gasteiger partial charge in [-0.2, -0.15) is 5.10 Å². The Labute approximate surface area is 253 Å². The number of nitrogens with one attached hydrogen (secondary N) is 1. The van der Waals surface area contributed by atoms with Crippen LogP contribution in [0.5, 0.6) is 5.75 Å². The van der Waals surface area contributed by atoms with Crippen LogP contribution in [0.2, 0.25) is 5.02 Å². The number of fused-ring (bicyclic) bond motifs is 2. The second kappa shape index (κ2) is 14.2. The van der Waals surface area contributed by atoms with E-state index >= 15 is 0 Å². The summed E-state index contributed by atoms with van der Waals surface area (Å²) in [5, 5.41) is 19.8. The molecule has 0 amide bonds. The van der Waals surface area contributed by atoms with Gasteiger partial charge in [0.25, 0.3) is 0 Å². The highest BCUT2D eigenvalue weighted by Gasteiger charge is 2.27. The van der Waals surface area contributed by atoms with Crippen molar-refractivity contribution >= 4 is 28.5 Å². The molecule has 42 heavy (non-hydrogen) atoms. The average molecular weight is 595 g/mol. The third-order valence-electron chi connectivity index (χ3n) is 7.66. The van der Waals surface area contributed by atoms with Crippen LogP contribution in [0.1, 0.15) is 65.3 Å². The molecule has 0 bridgehead atoms. The van der Waals surface area contributed by atoms with Gasteiger partial charge in [-0.1, -0.05) is 43.6 Å². The molecule has 0 aliphatic carbocycles. The van der Waals surface area contributed by atoms with Crippen molar-refractivity contribution in [2.75, 3.05) is 26.3 Å². The smallest absolute Gasteiger partial charge is 0.352 e. The number of halogens is 1. The van der Waals surface area contributed by atoms with Gasteiger partial charge in [-0.05, 0) is 81.9 Å². The zero-order valence-corrected chi connectivity index (χ0v) is 26.4. The van der Waals surface area contributed by atoms with Crippen molar-refractivity contribution < 1.29 is 19.4 Å². The van der Waals surface area contributed by atoms with E-state index in [-0.39, 0.29) is 0 Å². The highest BCUT2D eigenvalue weighted by atomic mass is 35.5. The summed E-state index contributed by atoms with van der Waals surface area (Å²) in [4.78, 5) is 12.6. The van der Waals surface area contributed by atoms with Crippen molar-refractivity contribution in [2.45, 2.75) is 67.0 Å². The van der Waals surface area contributed by atoms with Gasteiger partial charge < -0.3 is 24.5 Å². The molecule has 1 aliphatic rings. The van der Waals surface area contributed by atoms with E-state index in [4.69, 9.17) is 21.1 Å². The Bertz CT molecular complexity index is 1530. The van der Waals surface area contributed by atoms with Gasteiger partial charge in [0, 0.05) is 41.7 Å². The summed E-state index contributed by atoms with van der Waals surface area (Å²) < 4.78 is 15.8. The minimum atomic E-state index is -0.914. The van der Waals surface area contributed by atoms with E-state index in [2.05, 4.69) is 30.3 Å². The molecule has 9 heteroatoms. The molecular weight excluding hydrogens is 552 g/mol. The molecule has 4 aromatic rings. The topological polar surface area (TPSA) is 90.5 Å². The first-order valence-corrected chi connectivity index (χ1v) is 15.1. The lowest BCUT2D eigenvalue weighted by Crippen LogP contribution is -2.14. The number of carboxylic acid groups (broad SMARTS) is 1. The Morgan fingerprint density at radius 3 is 2.52 bits per heavy atom. The van der Waals surface area contributed by atoms with E-state index in [1.807, 2.05) is 61.3 Å². The molecule has 8 nitrogen and oxygen atoms in total. The number of hydrogen-bond donors (Lipinski definition) is 2. The van der Waals surface area contributed by atoms with Gasteiger partial charge in [0.05, 0.1) is 30.1 Å². The number of aromatic carboxylic acids is 1. The zero-order chi connectivity index (χ0) is 30.4. The monoisotopic (exact) mass is 594 g/mol. The summed E-state index contributed by atoms with van der Waals surface area (Å²) in [5.74, 6) is -0.135. The van der Waals surface area contributed by atoms with Crippen molar-refractivity contribution in [1.29, 1.82) is 0 Å². The van der Waals surface area contributed by atoms with Crippen molar-refractivity contribution in [3.8, 4) is 16.9 Å². The molecule has 3 heterocycles. The maximum Gasteiger partial charge on any atom is 0.352 e. The van der Waals surface area contributed by atoms with Gasteiger partial charge in [0.2, 0.25) is 0 Å². The number of ether oxygens (including phenoxy) is 2. The largest absolute Gasteiger partial charge is 0.494 e. The van der Waals surface area contributed by atoms with E-state index in [9.17, 15) is 9.90 Å². The molecule has 1 aliphatic heterocycles. The molecule has 0 fully saturated rings. The third-order valence-corrected chi connectivity index (χ3v) is 8.25. The standard InChI is InChI=1S/C29H32ClN3O4.C4H11N/c1-17-14-20(15-18(2)26(17)30)37-13-6-10-22-21-8-5-9-23-25-19(3)31-32(4)24(25)16-36-12-7-11-33(27(21)23)28(22)29(34)35;1-3-5-4-2/h5,8-9,14-15H,6-7,10-13,16H2,1-4H3,(H,34,35);5H,3-4H2,1-2H3. The molecule has 0 saturated heterocycles. The Hall–Kier alpha value is -3.33. The summed E-state index contributed by atoms with van der Waals surface area (Å²) in [6, 6.07) is 9.99. The van der Waals surface area contributed by atoms with Crippen molar-refractivity contribution in [3.05, 3.63) is 69.1 Å². The molecule has 0 unspecified atom stereocenters. The number of benzene rings is 2. The van der Waals surface area contributed by atoms with E-state index in [1.54, 1.807) is 0 Å². The van der Waals surface area contributed by atoms with Crippen LogP contribution in [0.3, 0.4) is 0 Å². The summed E-state index contributed by atoms with van der Waals surface area (Å²) in [6.07, 6.45) is 2.00. The predicted molar refractivity (Wildman–Crippen MR) is 169 cm³/mol. The van der Waals surface area contributed by atoms with E-state index < -0.39 is 5.97 Å². The maximum absolute atomic E-state index is 12.6. The van der Waals surface area contributed by atoms with Crippen molar-refractivity contribution in [3.63, 3.8) is 0 Å². The molecule has 0 saturated carbocycles. The normalized spacial score (nSPS) is 12.9. The Kier molecular flexibility index (Phi) is 10.7. The van der Waals surface area contributed by atoms with Crippen LogP contribution in [-0.2, 0) is 31.4 Å². The first kappa shape index (κ1) is 31.6. The predicted octanol–water partition coefficient (Wildman–Crippen LogP) is 6.87. The van der Waals surface area contributed by atoms with Gasteiger partial charge in [-0.3, -0.25) is 4.68 Å². The van der Waals surface area contributed by atoms with Crippen LogP contribution in [0.4, 0.5) is 0 Å². The Balaban J connectivity index is 0.000000748. The van der Waals surface area contributed by atoms with Crippen LogP contribution >= 0.6 is 11.6 Å². The van der Waals surface area contributed by atoms with Gasteiger partial charge >= 0.3 is 5.97 Å². The number of aromatic nitrogens is 3. The lowest BCUT2D eigenvalue weighted by molar-refractivity contribution is 0.0681. The molecule has 0 atom stereocenters. The van der Waals surface area contributed by atoms with Crippen LogP contribution in [0, 0.1) is 20.8 Å². The number of carbonyl (C=O) groups is 1. The summed E-state index contributed by atoms with van der Waals surface area (Å²) in [7, 11) is 1.93. The van der Waals surface area contributed by atoms with Crippen molar-refractivity contribution in [1.82, 2.24) is 19.7 Å². The molecule has 2 N–H and O–H groups in total.